The molecule has 1 rings (SSSR count). The maximum Gasteiger partial charge on any atom is 0.0641 e. The predicted octanol–water partition coefficient (Wildman–Crippen LogP) is 0.0838. The molecule has 1 saturated heterocycles. The summed E-state index contributed by atoms with van der Waals surface area (Å²) in [6.07, 6.45) is 0. The fraction of sp³-hybridized carbons (Fsp3) is 1.00. The fourth-order valence-corrected chi connectivity index (χ4v) is 1.09. The van der Waals surface area contributed by atoms with E-state index in [1.807, 2.05) is 27.7 Å². The van der Waals surface area contributed by atoms with Gasteiger partial charge in [-0.25, -0.2) is 0 Å². The van der Waals surface area contributed by atoms with Crippen LogP contribution in [0, 0.1) is 0 Å². The summed E-state index contributed by atoms with van der Waals surface area (Å²) in [5, 5.41) is 3.16. The standard InChI is InChI=1S/C8H20N2O.C4H9NO/c1-7(2,9)5-11-6-8(3,4)10;1-3-6-4-2-5-1/h5-6,9-10H2,1-4H3;5H,1-4H2. The Kier molecular flexibility index (Phi) is 7.91. The molecule has 0 amide bonds. The molecule has 5 N–H and O–H groups in total. The van der Waals surface area contributed by atoms with E-state index in [9.17, 15) is 0 Å². The summed E-state index contributed by atoms with van der Waals surface area (Å²) in [6, 6.07) is 0. The van der Waals surface area contributed by atoms with Gasteiger partial charge in [-0.05, 0) is 27.7 Å². The first-order valence-corrected chi connectivity index (χ1v) is 6.15. The van der Waals surface area contributed by atoms with Crippen LogP contribution in [0.15, 0.2) is 0 Å². The topological polar surface area (TPSA) is 82.5 Å². The van der Waals surface area contributed by atoms with Gasteiger partial charge in [0.15, 0.2) is 0 Å². The Morgan fingerprint density at radius 3 is 1.59 bits per heavy atom. The van der Waals surface area contributed by atoms with Gasteiger partial charge < -0.3 is 26.3 Å². The minimum absolute atomic E-state index is 0.259. The molecule has 104 valence electrons. The van der Waals surface area contributed by atoms with E-state index in [0.717, 1.165) is 26.3 Å². The fourth-order valence-electron chi connectivity index (χ4n) is 1.09. The highest BCUT2D eigenvalue weighted by Crippen LogP contribution is 2.01. The minimum atomic E-state index is -0.259. The van der Waals surface area contributed by atoms with E-state index in [2.05, 4.69) is 5.32 Å². The second-order valence-corrected chi connectivity index (χ2v) is 5.83. The van der Waals surface area contributed by atoms with Gasteiger partial charge in [-0.1, -0.05) is 0 Å². The normalized spacial score (nSPS) is 17.3. The third-order valence-corrected chi connectivity index (χ3v) is 1.79. The second kappa shape index (κ2) is 8.00. The zero-order valence-corrected chi connectivity index (χ0v) is 11.7. The van der Waals surface area contributed by atoms with Gasteiger partial charge in [0.25, 0.3) is 0 Å². The third kappa shape index (κ3) is 15.8. The lowest BCUT2D eigenvalue weighted by molar-refractivity contribution is 0.0680. The zero-order valence-electron chi connectivity index (χ0n) is 11.7. The van der Waals surface area contributed by atoms with Crippen molar-refractivity contribution in [1.82, 2.24) is 5.32 Å². The molecule has 0 spiro atoms. The van der Waals surface area contributed by atoms with Crippen LogP contribution >= 0.6 is 0 Å². The average molecular weight is 247 g/mol. The Bertz CT molecular complexity index is 156. The van der Waals surface area contributed by atoms with Gasteiger partial charge in [0, 0.05) is 24.2 Å². The third-order valence-electron chi connectivity index (χ3n) is 1.79. The number of ether oxygens (including phenoxy) is 2. The Balaban J connectivity index is 0.000000354. The van der Waals surface area contributed by atoms with Gasteiger partial charge in [-0.2, -0.15) is 0 Å². The summed E-state index contributed by atoms with van der Waals surface area (Å²) in [4.78, 5) is 0. The van der Waals surface area contributed by atoms with Crippen LogP contribution < -0.4 is 16.8 Å². The van der Waals surface area contributed by atoms with Crippen molar-refractivity contribution in [1.29, 1.82) is 0 Å². The summed E-state index contributed by atoms with van der Waals surface area (Å²) in [6.45, 7) is 12.6. The molecular weight excluding hydrogens is 218 g/mol. The SMILES string of the molecule is C1COCCN1.CC(C)(N)COCC(C)(C)N. The summed E-state index contributed by atoms with van der Waals surface area (Å²) in [5.74, 6) is 0. The van der Waals surface area contributed by atoms with Crippen LogP contribution in [0.25, 0.3) is 0 Å². The molecule has 1 fully saturated rings. The van der Waals surface area contributed by atoms with Gasteiger partial charge in [0.05, 0.1) is 26.4 Å². The molecule has 0 unspecified atom stereocenters. The molecule has 0 aromatic heterocycles. The first kappa shape index (κ1) is 16.8. The minimum Gasteiger partial charge on any atom is -0.379 e. The van der Waals surface area contributed by atoms with Gasteiger partial charge in [0.2, 0.25) is 0 Å². The highest BCUT2D eigenvalue weighted by atomic mass is 16.5. The van der Waals surface area contributed by atoms with Crippen molar-refractivity contribution in [2.75, 3.05) is 39.5 Å². The summed E-state index contributed by atoms with van der Waals surface area (Å²) < 4.78 is 10.3. The van der Waals surface area contributed by atoms with Crippen molar-refractivity contribution < 1.29 is 9.47 Å². The van der Waals surface area contributed by atoms with Crippen molar-refractivity contribution in [3.8, 4) is 0 Å². The maximum atomic E-state index is 5.70. The highest BCUT2D eigenvalue weighted by molar-refractivity contribution is 4.74. The van der Waals surface area contributed by atoms with Gasteiger partial charge in [-0.3, -0.25) is 0 Å². The number of nitrogens with one attached hydrogen (secondary N) is 1. The number of morpholine rings is 1. The number of nitrogens with two attached hydrogens (primary N) is 2. The lowest BCUT2D eigenvalue weighted by Gasteiger charge is -2.23. The van der Waals surface area contributed by atoms with E-state index in [1.165, 1.54) is 0 Å². The molecule has 17 heavy (non-hydrogen) atoms. The van der Waals surface area contributed by atoms with Crippen molar-refractivity contribution in [3.05, 3.63) is 0 Å². The molecule has 1 aliphatic rings. The molecule has 0 atom stereocenters. The van der Waals surface area contributed by atoms with Crippen LogP contribution in [0.5, 0.6) is 0 Å². The van der Waals surface area contributed by atoms with Crippen molar-refractivity contribution >= 4 is 0 Å². The van der Waals surface area contributed by atoms with Crippen molar-refractivity contribution in [2.24, 2.45) is 11.5 Å². The molecule has 0 saturated carbocycles. The predicted molar refractivity (Wildman–Crippen MR) is 71.0 cm³/mol. The van der Waals surface area contributed by atoms with Crippen LogP contribution in [0.1, 0.15) is 27.7 Å². The van der Waals surface area contributed by atoms with Crippen LogP contribution in [-0.4, -0.2) is 50.6 Å². The molecule has 5 heteroatoms. The quantitative estimate of drug-likeness (QED) is 0.655. The molecule has 5 nitrogen and oxygen atoms in total. The Morgan fingerprint density at radius 2 is 1.41 bits per heavy atom. The summed E-state index contributed by atoms with van der Waals surface area (Å²) in [7, 11) is 0. The molecule has 1 aliphatic heterocycles. The number of rotatable bonds is 4. The van der Waals surface area contributed by atoms with Crippen molar-refractivity contribution in [3.63, 3.8) is 0 Å². The van der Waals surface area contributed by atoms with Crippen molar-refractivity contribution in [2.45, 2.75) is 38.8 Å². The zero-order chi connectivity index (χ0) is 13.4. The summed E-state index contributed by atoms with van der Waals surface area (Å²) >= 11 is 0. The maximum absolute atomic E-state index is 5.70. The van der Waals surface area contributed by atoms with Gasteiger partial charge >= 0.3 is 0 Å². The van der Waals surface area contributed by atoms with Gasteiger partial charge in [0.1, 0.15) is 0 Å². The molecule has 0 aromatic rings. The molecule has 0 aromatic carbocycles. The Labute approximate surface area is 105 Å². The molecule has 0 radical (unpaired) electrons. The van der Waals surface area contributed by atoms with Gasteiger partial charge in [-0.15, -0.1) is 0 Å². The molecule has 0 bridgehead atoms. The summed E-state index contributed by atoms with van der Waals surface area (Å²) in [5.41, 5.74) is 10.9. The Hall–Kier alpha value is -0.200. The van der Waals surface area contributed by atoms with E-state index < -0.39 is 0 Å². The van der Waals surface area contributed by atoms with E-state index in [-0.39, 0.29) is 11.1 Å². The molecule has 1 heterocycles. The monoisotopic (exact) mass is 247 g/mol. The number of hydrogen-bond donors (Lipinski definition) is 3. The Morgan fingerprint density at radius 1 is 1.00 bits per heavy atom. The lowest BCUT2D eigenvalue weighted by Crippen LogP contribution is -2.42. The van der Waals surface area contributed by atoms with Crippen LogP contribution in [0.3, 0.4) is 0 Å². The first-order valence-electron chi connectivity index (χ1n) is 6.15. The van der Waals surface area contributed by atoms with E-state index >= 15 is 0 Å². The number of hydrogen-bond acceptors (Lipinski definition) is 5. The second-order valence-electron chi connectivity index (χ2n) is 5.83. The molecule has 0 aliphatic carbocycles. The molecular formula is C12H29N3O2. The van der Waals surface area contributed by atoms with Crippen LogP contribution in [0.2, 0.25) is 0 Å². The van der Waals surface area contributed by atoms with Crippen LogP contribution in [-0.2, 0) is 9.47 Å². The average Bonchev–Trinajstić information content (AvgIpc) is 2.17. The van der Waals surface area contributed by atoms with E-state index in [1.54, 1.807) is 0 Å². The highest BCUT2D eigenvalue weighted by Gasteiger charge is 2.14. The first-order chi connectivity index (χ1) is 7.71. The largest absolute Gasteiger partial charge is 0.379 e. The lowest BCUT2D eigenvalue weighted by atomic mass is 10.1. The smallest absolute Gasteiger partial charge is 0.0641 e. The van der Waals surface area contributed by atoms with E-state index in [4.69, 9.17) is 20.9 Å². The van der Waals surface area contributed by atoms with E-state index in [0.29, 0.717) is 13.2 Å². The van der Waals surface area contributed by atoms with Crippen LogP contribution in [0.4, 0.5) is 0 Å².